The minimum absolute atomic E-state index is 0.0290. The molecule has 1 aliphatic rings. The second-order valence-corrected chi connectivity index (χ2v) is 8.22. The van der Waals surface area contributed by atoms with Crippen molar-refractivity contribution in [1.82, 2.24) is 15.4 Å². The topological polar surface area (TPSA) is 84.7 Å². The van der Waals surface area contributed by atoms with Gasteiger partial charge in [0.1, 0.15) is 17.0 Å². The lowest BCUT2D eigenvalue weighted by atomic mass is 9.93. The van der Waals surface area contributed by atoms with Gasteiger partial charge in [-0.1, -0.05) is 47.1 Å². The third-order valence-corrected chi connectivity index (χ3v) is 5.63. The van der Waals surface area contributed by atoms with E-state index >= 15 is 0 Å². The third kappa shape index (κ3) is 5.02. The van der Waals surface area contributed by atoms with E-state index in [-0.39, 0.29) is 18.2 Å². The normalized spacial score (nSPS) is 18.2. The Balaban J connectivity index is 1.39. The summed E-state index contributed by atoms with van der Waals surface area (Å²) in [5.41, 5.74) is 2.37. The lowest BCUT2D eigenvalue weighted by Gasteiger charge is -2.21. The predicted octanol–water partition coefficient (Wildman–Crippen LogP) is 4.69. The number of ether oxygens (including phenoxy) is 1. The molecule has 1 aliphatic heterocycles. The van der Waals surface area contributed by atoms with E-state index in [1.165, 1.54) is 12.1 Å². The smallest absolute Gasteiger partial charge is 0.387 e. The standard InChI is InChI=1S/C24H23F2N3O4/c1-15-3-7-17(8-4-15)20-13-19(33-28-20)14-29-21(30)24(2,27-23(29)31)12-11-16-5-9-18(10-6-16)32-22(25)26/h3-10,13,22H,11-12,14H2,1-2H3,(H,27,31). The fraction of sp³-hybridized carbons (Fsp3) is 0.292. The number of nitrogens with one attached hydrogen (secondary N) is 1. The second-order valence-electron chi connectivity index (χ2n) is 8.22. The van der Waals surface area contributed by atoms with Gasteiger partial charge in [-0.15, -0.1) is 0 Å². The number of carbonyl (C=O) groups is 2. The molecule has 4 rings (SSSR count). The molecule has 0 saturated carbocycles. The monoisotopic (exact) mass is 455 g/mol. The van der Waals surface area contributed by atoms with Crippen LogP contribution in [0, 0.1) is 6.92 Å². The highest BCUT2D eigenvalue weighted by Crippen LogP contribution is 2.27. The Bertz CT molecular complexity index is 1150. The maximum atomic E-state index is 13.0. The highest BCUT2D eigenvalue weighted by molar-refractivity contribution is 6.06. The number of hydrogen-bond donors (Lipinski definition) is 1. The second kappa shape index (κ2) is 9.01. The number of halogens is 2. The quantitative estimate of drug-likeness (QED) is 0.498. The molecule has 33 heavy (non-hydrogen) atoms. The Kier molecular flexibility index (Phi) is 6.13. The summed E-state index contributed by atoms with van der Waals surface area (Å²) < 4.78 is 34.3. The molecule has 0 bridgehead atoms. The lowest BCUT2D eigenvalue weighted by molar-refractivity contribution is -0.131. The van der Waals surface area contributed by atoms with Crippen LogP contribution in [-0.4, -0.2) is 34.1 Å². The fourth-order valence-corrected chi connectivity index (χ4v) is 3.70. The number of aromatic nitrogens is 1. The largest absolute Gasteiger partial charge is 0.435 e. The minimum atomic E-state index is -2.88. The van der Waals surface area contributed by atoms with E-state index in [9.17, 15) is 18.4 Å². The molecule has 0 radical (unpaired) electrons. The molecule has 1 aromatic heterocycles. The van der Waals surface area contributed by atoms with Crippen molar-refractivity contribution in [2.24, 2.45) is 0 Å². The van der Waals surface area contributed by atoms with Crippen LogP contribution in [0.2, 0.25) is 0 Å². The van der Waals surface area contributed by atoms with Crippen LogP contribution in [0.15, 0.2) is 59.1 Å². The summed E-state index contributed by atoms with van der Waals surface area (Å²) in [6.07, 6.45) is 0.805. The van der Waals surface area contributed by atoms with E-state index in [1.54, 1.807) is 25.1 Å². The molecule has 1 atom stereocenters. The van der Waals surface area contributed by atoms with Gasteiger partial charge in [-0.05, 0) is 44.4 Å². The first-order valence-corrected chi connectivity index (χ1v) is 10.4. The first-order valence-electron chi connectivity index (χ1n) is 10.4. The molecule has 0 spiro atoms. The van der Waals surface area contributed by atoms with Gasteiger partial charge in [0, 0.05) is 11.6 Å². The number of imide groups is 1. The third-order valence-electron chi connectivity index (χ3n) is 5.63. The number of alkyl halides is 2. The van der Waals surface area contributed by atoms with E-state index < -0.39 is 18.2 Å². The zero-order valence-corrected chi connectivity index (χ0v) is 18.2. The van der Waals surface area contributed by atoms with Crippen LogP contribution in [0.3, 0.4) is 0 Å². The van der Waals surface area contributed by atoms with Crippen molar-refractivity contribution in [2.45, 2.75) is 45.4 Å². The first-order chi connectivity index (χ1) is 15.7. The maximum Gasteiger partial charge on any atom is 0.387 e. The zero-order valence-electron chi connectivity index (χ0n) is 18.2. The number of carbonyl (C=O) groups excluding carboxylic acids is 2. The van der Waals surface area contributed by atoms with Gasteiger partial charge in [0.25, 0.3) is 5.91 Å². The lowest BCUT2D eigenvalue weighted by Crippen LogP contribution is -2.44. The van der Waals surface area contributed by atoms with Crippen molar-refractivity contribution in [3.8, 4) is 17.0 Å². The molecule has 172 valence electrons. The molecule has 0 aliphatic carbocycles. The molecule has 2 heterocycles. The number of aryl methyl sites for hydroxylation is 2. The summed E-state index contributed by atoms with van der Waals surface area (Å²) in [6, 6.07) is 15.2. The van der Waals surface area contributed by atoms with Gasteiger partial charge in [-0.3, -0.25) is 9.69 Å². The van der Waals surface area contributed by atoms with Crippen LogP contribution in [0.5, 0.6) is 5.75 Å². The molecule has 7 nitrogen and oxygen atoms in total. The minimum Gasteiger partial charge on any atom is -0.435 e. The van der Waals surface area contributed by atoms with Gasteiger partial charge in [0.05, 0.1) is 6.54 Å². The van der Waals surface area contributed by atoms with Crippen molar-refractivity contribution in [3.05, 3.63) is 71.5 Å². The van der Waals surface area contributed by atoms with Gasteiger partial charge < -0.3 is 14.6 Å². The summed E-state index contributed by atoms with van der Waals surface area (Å²) in [5, 5.41) is 6.80. The van der Waals surface area contributed by atoms with Gasteiger partial charge in [0.2, 0.25) is 0 Å². The Labute approximate surface area is 189 Å². The van der Waals surface area contributed by atoms with Crippen LogP contribution in [0.1, 0.15) is 30.2 Å². The highest BCUT2D eigenvalue weighted by atomic mass is 19.3. The molecular weight excluding hydrogens is 432 g/mol. The molecule has 1 unspecified atom stereocenters. The summed E-state index contributed by atoms with van der Waals surface area (Å²) in [4.78, 5) is 26.7. The Morgan fingerprint density at radius 3 is 2.48 bits per heavy atom. The van der Waals surface area contributed by atoms with Crippen molar-refractivity contribution in [2.75, 3.05) is 0 Å². The van der Waals surface area contributed by atoms with Crippen LogP contribution < -0.4 is 10.1 Å². The summed E-state index contributed by atoms with van der Waals surface area (Å²) in [7, 11) is 0. The summed E-state index contributed by atoms with van der Waals surface area (Å²) in [6.45, 7) is 0.742. The number of rotatable bonds is 8. The zero-order chi connectivity index (χ0) is 23.6. The molecule has 1 saturated heterocycles. The van der Waals surface area contributed by atoms with Crippen LogP contribution >= 0.6 is 0 Å². The number of hydrogen-bond acceptors (Lipinski definition) is 5. The molecule has 3 aromatic rings. The van der Waals surface area contributed by atoms with Crippen LogP contribution in [-0.2, 0) is 17.8 Å². The van der Waals surface area contributed by atoms with E-state index in [1.807, 2.05) is 31.2 Å². The van der Waals surface area contributed by atoms with Gasteiger partial charge in [-0.2, -0.15) is 8.78 Å². The van der Waals surface area contributed by atoms with Crippen LogP contribution in [0.25, 0.3) is 11.3 Å². The molecular formula is C24H23F2N3O4. The molecule has 1 fully saturated rings. The maximum absolute atomic E-state index is 13.0. The van der Waals surface area contributed by atoms with Crippen molar-refractivity contribution >= 4 is 11.9 Å². The number of nitrogens with zero attached hydrogens (tertiary/aromatic N) is 2. The van der Waals surface area contributed by atoms with Crippen molar-refractivity contribution in [1.29, 1.82) is 0 Å². The molecule has 1 N–H and O–H groups in total. The number of urea groups is 1. The average Bonchev–Trinajstić information content (AvgIpc) is 3.32. The SMILES string of the molecule is Cc1ccc(-c2cc(CN3C(=O)NC(C)(CCc4ccc(OC(F)F)cc4)C3=O)on2)cc1. The highest BCUT2D eigenvalue weighted by Gasteiger charge is 2.47. The Morgan fingerprint density at radius 1 is 1.12 bits per heavy atom. The average molecular weight is 455 g/mol. The van der Waals surface area contributed by atoms with Crippen LogP contribution in [0.4, 0.5) is 13.6 Å². The first kappa shape index (κ1) is 22.4. The van der Waals surface area contributed by atoms with E-state index in [0.717, 1.165) is 21.6 Å². The van der Waals surface area contributed by atoms with Crippen molar-refractivity contribution < 1.29 is 27.6 Å². The number of amides is 3. The van der Waals surface area contributed by atoms with Crippen molar-refractivity contribution in [3.63, 3.8) is 0 Å². The Morgan fingerprint density at radius 2 is 1.82 bits per heavy atom. The fourth-order valence-electron chi connectivity index (χ4n) is 3.70. The van der Waals surface area contributed by atoms with E-state index in [2.05, 4.69) is 15.2 Å². The van der Waals surface area contributed by atoms with E-state index in [0.29, 0.717) is 24.3 Å². The molecule has 9 heteroatoms. The Hall–Kier alpha value is -3.75. The number of benzene rings is 2. The molecule has 3 amide bonds. The molecule has 2 aromatic carbocycles. The van der Waals surface area contributed by atoms with Gasteiger partial charge in [-0.25, -0.2) is 4.79 Å². The van der Waals surface area contributed by atoms with Gasteiger partial charge in [0.15, 0.2) is 5.76 Å². The van der Waals surface area contributed by atoms with Gasteiger partial charge >= 0.3 is 12.6 Å². The summed E-state index contributed by atoms with van der Waals surface area (Å²) in [5.74, 6) is 0.0971. The van der Waals surface area contributed by atoms with E-state index in [4.69, 9.17) is 4.52 Å². The summed E-state index contributed by atoms with van der Waals surface area (Å²) >= 11 is 0. The predicted molar refractivity (Wildman–Crippen MR) is 116 cm³/mol.